The molecule has 9 heteroatoms. The zero-order valence-electron chi connectivity index (χ0n) is 22.8. The average Bonchev–Trinajstić information content (AvgIpc) is 2.91. The maximum absolute atomic E-state index is 13.1. The number of esters is 1. The Labute approximate surface area is 232 Å². The number of likely N-dealkylation sites (tertiary alicyclic amines) is 1. The first-order chi connectivity index (χ1) is 19.0. The fourth-order valence-corrected chi connectivity index (χ4v) is 6.31. The summed E-state index contributed by atoms with van der Waals surface area (Å²) < 4.78 is 50.9. The van der Waals surface area contributed by atoms with E-state index in [9.17, 15) is 22.8 Å². The smallest absolute Gasteiger partial charge is 0.416 e. The highest BCUT2D eigenvalue weighted by Gasteiger charge is 2.60. The van der Waals surface area contributed by atoms with Crippen molar-refractivity contribution in [3.8, 4) is 5.75 Å². The predicted molar refractivity (Wildman–Crippen MR) is 147 cm³/mol. The van der Waals surface area contributed by atoms with Gasteiger partial charge in [-0.2, -0.15) is 13.2 Å². The Kier molecular flexibility index (Phi) is 8.73. The zero-order chi connectivity index (χ0) is 29.0. The Hall–Kier alpha value is -3.59. The van der Waals surface area contributed by atoms with E-state index in [1.54, 1.807) is 7.11 Å². The van der Waals surface area contributed by atoms with Crippen molar-refractivity contribution in [1.82, 2.24) is 10.2 Å². The minimum absolute atomic E-state index is 0.237. The molecule has 2 fully saturated rings. The molecular weight excluding hydrogens is 521 g/mol. The number of amides is 1. The third-order valence-electron chi connectivity index (χ3n) is 8.03. The predicted octanol–water partition coefficient (Wildman–Crippen LogP) is 5.53. The van der Waals surface area contributed by atoms with Crippen LogP contribution in [-0.2, 0) is 25.9 Å². The van der Waals surface area contributed by atoms with Crippen LogP contribution in [0, 0.1) is 0 Å². The lowest BCUT2D eigenvalue weighted by molar-refractivity contribution is -0.186. The number of rotatable bonds is 8. The summed E-state index contributed by atoms with van der Waals surface area (Å²) in [5, 5.41) is 3.05. The maximum atomic E-state index is 13.1. The minimum atomic E-state index is -4.46. The molecule has 214 valence electrons. The highest BCUT2D eigenvalue weighted by molar-refractivity contribution is 5.92. The number of methoxy groups -OCH3 is 1. The number of fused-ring (bicyclic) bond motifs is 1. The summed E-state index contributed by atoms with van der Waals surface area (Å²) in [5.74, 6) is -0.0705. The van der Waals surface area contributed by atoms with Gasteiger partial charge < -0.3 is 14.8 Å². The van der Waals surface area contributed by atoms with Crippen molar-refractivity contribution >= 4 is 18.0 Å². The maximum Gasteiger partial charge on any atom is 0.416 e. The SMILES string of the molecule is C=CCN1CCC2(c3cccc(OC)c3)CC(NC(=O)C=Cc3cccc(C(F)(F)F)c3)CCC2(OC(C)=O)C1. The molecule has 2 aromatic rings. The summed E-state index contributed by atoms with van der Waals surface area (Å²) in [4.78, 5) is 27.6. The van der Waals surface area contributed by atoms with Crippen LogP contribution in [0.2, 0.25) is 0 Å². The van der Waals surface area contributed by atoms with Crippen molar-refractivity contribution in [3.63, 3.8) is 0 Å². The molecule has 2 aromatic carbocycles. The van der Waals surface area contributed by atoms with E-state index in [1.807, 2.05) is 30.3 Å². The average molecular weight is 557 g/mol. The van der Waals surface area contributed by atoms with Gasteiger partial charge >= 0.3 is 12.1 Å². The molecule has 0 spiro atoms. The number of hydrogen-bond acceptors (Lipinski definition) is 5. The van der Waals surface area contributed by atoms with Gasteiger partial charge in [0.25, 0.3) is 0 Å². The second-order valence-corrected chi connectivity index (χ2v) is 10.6. The fraction of sp³-hybridized carbons (Fsp3) is 0.419. The third kappa shape index (κ3) is 6.25. The number of piperidine rings is 1. The third-order valence-corrected chi connectivity index (χ3v) is 8.03. The second-order valence-electron chi connectivity index (χ2n) is 10.6. The van der Waals surface area contributed by atoms with Crippen LogP contribution in [-0.4, -0.2) is 55.2 Å². The van der Waals surface area contributed by atoms with Gasteiger partial charge in [0.1, 0.15) is 11.4 Å². The van der Waals surface area contributed by atoms with Crippen LogP contribution in [0.4, 0.5) is 13.2 Å². The molecule has 4 rings (SSSR count). The molecule has 1 amide bonds. The Balaban J connectivity index is 1.62. The van der Waals surface area contributed by atoms with Crippen LogP contribution in [0.5, 0.6) is 5.75 Å². The van der Waals surface area contributed by atoms with Crippen LogP contribution in [0.3, 0.4) is 0 Å². The van der Waals surface area contributed by atoms with Crippen molar-refractivity contribution in [2.75, 3.05) is 26.7 Å². The van der Waals surface area contributed by atoms with Gasteiger partial charge in [0.15, 0.2) is 0 Å². The molecule has 3 atom stereocenters. The van der Waals surface area contributed by atoms with Crippen molar-refractivity contribution in [2.24, 2.45) is 0 Å². The Morgan fingerprint density at radius 3 is 2.65 bits per heavy atom. The van der Waals surface area contributed by atoms with Crippen LogP contribution in [0.25, 0.3) is 6.08 Å². The van der Waals surface area contributed by atoms with E-state index in [2.05, 4.69) is 16.8 Å². The molecule has 6 nitrogen and oxygen atoms in total. The summed E-state index contributed by atoms with van der Waals surface area (Å²) in [5.41, 5.74) is -0.921. The first-order valence-corrected chi connectivity index (χ1v) is 13.3. The molecule has 1 saturated heterocycles. The van der Waals surface area contributed by atoms with E-state index in [1.165, 1.54) is 31.2 Å². The number of nitrogens with one attached hydrogen (secondary N) is 1. The van der Waals surface area contributed by atoms with Crippen LogP contribution in [0.15, 0.2) is 67.3 Å². The first kappa shape index (κ1) is 29.4. The highest BCUT2D eigenvalue weighted by atomic mass is 19.4. The Morgan fingerprint density at radius 2 is 1.95 bits per heavy atom. The molecule has 0 bridgehead atoms. The quantitative estimate of drug-likeness (QED) is 0.263. The largest absolute Gasteiger partial charge is 0.497 e. The lowest BCUT2D eigenvalue weighted by Gasteiger charge is -2.59. The zero-order valence-corrected chi connectivity index (χ0v) is 22.8. The Morgan fingerprint density at radius 1 is 1.18 bits per heavy atom. The number of ether oxygens (including phenoxy) is 2. The fourth-order valence-electron chi connectivity index (χ4n) is 6.31. The highest BCUT2D eigenvalue weighted by Crippen LogP contribution is 2.54. The number of benzene rings is 2. The van der Waals surface area contributed by atoms with Crippen LogP contribution >= 0.6 is 0 Å². The summed E-state index contributed by atoms with van der Waals surface area (Å²) in [7, 11) is 1.60. The van der Waals surface area contributed by atoms with E-state index in [0.29, 0.717) is 44.5 Å². The van der Waals surface area contributed by atoms with E-state index < -0.39 is 28.7 Å². The van der Waals surface area contributed by atoms with Crippen molar-refractivity contribution < 1.29 is 32.2 Å². The topological polar surface area (TPSA) is 67.9 Å². The summed E-state index contributed by atoms with van der Waals surface area (Å²) in [6, 6.07) is 12.4. The molecule has 40 heavy (non-hydrogen) atoms. The molecule has 1 aliphatic heterocycles. The van der Waals surface area contributed by atoms with Gasteiger partial charge in [0.2, 0.25) is 5.91 Å². The lowest BCUT2D eigenvalue weighted by atomic mass is 9.55. The number of alkyl halides is 3. The van der Waals surface area contributed by atoms with Crippen molar-refractivity contribution in [3.05, 3.63) is 84.0 Å². The number of carbonyl (C=O) groups is 2. The molecule has 1 N–H and O–H groups in total. The van der Waals surface area contributed by atoms with Gasteiger partial charge in [-0.25, -0.2) is 0 Å². The van der Waals surface area contributed by atoms with E-state index >= 15 is 0 Å². The summed E-state index contributed by atoms with van der Waals surface area (Å²) in [6.07, 6.45) is 2.33. The van der Waals surface area contributed by atoms with Gasteiger partial charge in [0, 0.05) is 37.5 Å². The molecule has 1 aliphatic carbocycles. The standard InChI is InChI=1S/C31H35F3N2O4/c1-4-16-36-17-15-29(24-8-6-10-27(19-24)39-3)20-26(13-14-30(29,21-36)40-22(2)37)35-28(38)12-11-23-7-5-9-25(18-23)31(32,33)34/h4-12,18-19,26H,1,13-17,20-21H2,2-3H3,(H,35,38). The molecule has 2 aliphatic rings. The molecular formula is C31H35F3N2O4. The van der Waals surface area contributed by atoms with E-state index in [0.717, 1.165) is 24.2 Å². The van der Waals surface area contributed by atoms with Gasteiger partial charge in [-0.15, -0.1) is 6.58 Å². The number of nitrogens with zero attached hydrogens (tertiary/aromatic N) is 1. The molecule has 3 unspecified atom stereocenters. The molecule has 1 saturated carbocycles. The second kappa shape index (κ2) is 11.9. The molecule has 1 heterocycles. The van der Waals surface area contributed by atoms with Gasteiger partial charge in [0.05, 0.1) is 12.7 Å². The van der Waals surface area contributed by atoms with E-state index in [-0.39, 0.29) is 17.6 Å². The first-order valence-electron chi connectivity index (χ1n) is 13.3. The van der Waals surface area contributed by atoms with Crippen molar-refractivity contribution in [2.45, 2.75) is 55.8 Å². The van der Waals surface area contributed by atoms with Crippen LogP contribution in [0.1, 0.15) is 49.3 Å². The van der Waals surface area contributed by atoms with Gasteiger partial charge in [-0.3, -0.25) is 14.5 Å². The normalized spacial score (nSPS) is 25.2. The monoisotopic (exact) mass is 556 g/mol. The van der Waals surface area contributed by atoms with Crippen molar-refractivity contribution in [1.29, 1.82) is 0 Å². The lowest BCUT2D eigenvalue weighted by Crippen LogP contribution is -2.68. The number of hydrogen-bond donors (Lipinski definition) is 1. The molecule has 0 radical (unpaired) electrons. The summed E-state index contributed by atoms with van der Waals surface area (Å²) >= 11 is 0. The number of halogens is 3. The van der Waals surface area contributed by atoms with Gasteiger partial charge in [-0.1, -0.05) is 30.3 Å². The number of carbonyl (C=O) groups excluding carboxylic acids is 2. The molecule has 0 aromatic heterocycles. The van der Waals surface area contributed by atoms with Gasteiger partial charge in [-0.05, 0) is 73.7 Å². The Bertz CT molecular complexity index is 1280. The minimum Gasteiger partial charge on any atom is -0.497 e. The van der Waals surface area contributed by atoms with Crippen LogP contribution < -0.4 is 10.1 Å². The summed E-state index contributed by atoms with van der Waals surface area (Å²) in [6.45, 7) is 7.24. The van der Waals surface area contributed by atoms with E-state index in [4.69, 9.17) is 9.47 Å².